The molecule has 0 radical (unpaired) electrons. The van der Waals surface area contributed by atoms with E-state index in [1.807, 2.05) is 0 Å². The summed E-state index contributed by atoms with van der Waals surface area (Å²) in [6, 6.07) is 55.3. The molecule has 0 saturated carbocycles. The lowest BCUT2D eigenvalue weighted by Crippen LogP contribution is -2.41. The summed E-state index contributed by atoms with van der Waals surface area (Å²) in [5.74, 6) is 0. The first-order chi connectivity index (χ1) is 23.8. The first-order valence-corrected chi connectivity index (χ1v) is 17.2. The predicted octanol–water partition coefficient (Wildman–Crippen LogP) is 11.6. The summed E-state index contributed by atoms with van der Waals surface area (Å²) in [6.45, 7) is 8.45. The Morgan fingerprint density at radius 3 is 1.53 bits per heavy atom. The third kappa shape index (κ3) is 4.80. The molecular weight excluding hydrogens is 595 g/mol. The van der Waals surface area contributed by atoms with Crippen LogP contribution in [0.1, 0.15) is 27.7 Å². The van der Waals surface area contributed by atoms with E-state index in [1.54, 1.807) is 0 Å². The molecule has 8 aromatic carbocycles. The van der Waals surface area contributed by atoms with Crippen molar-refractivity contribution in [1.29, 1.82) is 0 Å². The van der Waals surface area contributed by atoms with Crippen LogP contribution < -0.4 is 5.46 Å². The van der Waals surface area contributed by atoms with Crippen LogP contribution in [0.2, 0.25) is 0 Å². The van der Waals surface area contributed by atoms with Gasteiger partial charge in [0.25, 0.3) is 0 Å². The largest absolute Gasteiger partial charge is 0.495 e. The zero-order valence-electron chi connectivity index (χ0n) is 28.3. The fourth-order valence-corrected chi connectivity index (χ4v) is 7.66. The van der Waals surface area contributed by atoms with Crippen molar-refractivity contribution in [1.82, 2.24) is 0 Å². The highest BCUT2D eigenvalue weighted by Crippen LogP contribution is 2.46. The topological polar surface area (TPSA) is 18.5 Å². The summed E-state index contributed by atoms with van der Waals surface area (Å²) >= 11 is 0. The summed E-state index contributed by atoms with van der Waals surface area (Å²) < 4.78 is 13.1. The summed E-state index contributed by atoms with van der Waals surface area (Å²) in [5.41, 5.74) is 7.62. The van der Waals surface area contributed by atoms with Gasteiger partial charge in [0.2, 0.25) is 0 Å². The minimum Gasteiger partial charge on any atom is -0.399 e. The van der Waals surface area contributed by atoms with E-state index in [4.69, 9.17) is 9.31 Å². The highest BCUT2D eigenvalue weighted by atomic mass is 16.7. The molecule has 1 saturated heterocycles. The Labute approximate surface area is 288 Å². The molecule has 0 atom stereocenters. The Morgan fingerprint density at radius 2 is 0.878 bits per heavy atom. The maximum atomic E-state index is 6.54. The highest BCUT2D eigenvalue weighted by Gasteiger charge is 2.52. The van der Waals surface area contributed by atoms with Gasteiger partial charge in [0, 0.05) is 0 Å². The second-order valence-corrected chi connectivity index (χ2v) is 14.3. The Kier molecular flexibility index (Phi) is 6.81. The second kappa shape index (κ2) is 11.2. The van der Waals surface area contributed by atoms with Gasteiger partial charge in [-0.2, -0.15) is 0 Å². The van der Waals surface area contributed by atoms with Gasteiger partial charge in [0.05, 0.1) is 11.2 Å². The van der Waals surface area contributed by atoms with Gasteiger partial charge in [-0.1, -0.05) is 146 Å². The Bertz CT molecular complexity index is 2490. The van der Waals surface area contributed by atoms with E-state index < -0.39 is 18.3 Å². The normalized spacial score (nSPS) is 15.5. The van der Waals surface area contributed by atoms with E-state index in [1.165, 1.54) is 71.1 Å². The van der Waals surface area contributed by atoms with Crippen LogP contribution in [0, 0.1) is 0 Å². The van der Waals surface area contributed by atoms with Crippen molar-refractivity contribution < 1.29 is 9.31 Å². The lowest BCUT2D eigenvalue weighted by atomic mass is 9.75. The van der Waals surface area contributed by atoms with Crippen molar-refractivity contribution in [2.24, 2.45) is 0 Å². The molecule has 0 amide bonds. The molecule has 49 heavy (non-hydrogen) atoms. The minimum atomic E-state index is -0.433. The number of benzene rings is 8. The molecule has 0 bridgehead atoms. The number of hydrogen-bond donors (Lipinski definition) is 0. The first kappa shape index (κ1) is 29.9. The van der Waals surface area contributed by atoms with E-state index in [0.717, 1.165) is 10.8 Å². The fraction of sp³-hybridized carbons (Fsp3) is 0.130. The molecule has 8 aromatic rings. The number of hydrogen-bond acceptors (Lipinski definition) is 2. The molecule has 9 rings (SSSR count). The second-order valence-electron chi connectivity index (χ2n) is 14.3. The van der Waals surface area contributed by atoms with E-state index in [0.29, 0.717) is 0 Å². The maximum Gasteiger partial charge on any atom is 0.495 e. The van der Waals surface area contributed by atoms with Gasteiger partial charge in [0.15, 0.2) is 0 Å². The van der Waals surface area contributed by atoms with Crippen molar-refractivity contribution in [3.63, 3.8) is 0 Å². The third-order valence-corrected chi connectivity index (χ3v) is 10.9. The van der Waals surface area contributed by atoms with Crippen LogP contribution in [-0.2, 0) is 9.31 Å². The molecule has 0 spiro atoms. The van der Waals surface area contributed by atoms with Gasteiger partial charge in [-0.15, -0.1) is 0 Å². The van der Waals surface area contributed by atoms with Crippen LogP contribution in [-0.4, -0.2) is 18.3 Å². The summed E-state index contributed by atoms with van der Waals surface area (Å²) in [5, 5.41) is 9.83. The van der Waals surface area contributed by atoms with Crippen molar-refractivity contribution in [2.45, 2.75) is 38.9 Å². The van der Waals surface area contributed by atoms with Gasteiger partial charge < -0.3 is 9.31 Å². The smallest absolute Gasteiger partial charge is 0.399 e. The van der Waals surface area contributed by atoms with Crippen LogP contribution in [0.5, 0.6) is 0 Å². The SMILES string of the molecule is CC1(C)OB(c2cccc3c(-c4c5ccccc5c(-c5ccc(-c6ccc7ccccc7c6)cc5)c5ccccc45)cccc23)OC1(C)C. The van der Waals surface area contributed by atoms with Crippen LogP contribution in [0.25, 0.3) is 76.5 Å². The number of rotatable bonds is 4. The Morgan fingerprint density at radius 1 is 0.388 bits per heavy atom. The van der Waals surface area contributed by atoms with E-state index in [-0.39, 0.29) is 0 Å². The van der Waals surface area contributed by atoms with E-state index >= 15 is 0 Å². The van der Waals surface area contributed by atoms with Crippen LogP contribution in [0.3, 0.4) is 0 Å². The van der Waals surface area contributed by atoms with Gasteiger partial charge in [-0.3, -0.25) is 0 Å². The molecule has 3 heteroatoms. The maximum absolute atomic E-state index is 6.54. The average molecular weight is 633 g/mol. The lowest BCUT2D eigenvalue weighted by molar-refractivity contribution is 0.00578. The molecule has 1 aliphatic heterocycles. The molecule has 0 aliphatic carbocycles. The van der Waals surface area contributed by atoms with Gasteiger partial charge in [-0.05, 0) is 116 Å². The third-order valence-electron chi connectivity index (χ3n) is 10.9. The zero-order chi connectivity index (χ0) is 33.3. The molecule has 1 fully saturated rings. The average Bonchev–Trinajstić information content (AvgIpc) is 3.35. The zero-order valence-corrected chi connectivity index (χ0v) is 28.3. The number of fused-ring (bicyclic) bond motifs is 4. The fourth-order valence-electron chi connectivity index (χ4n) is 7.66. The molecule has 0 N–H and O–H groups in total. The van der Waals surface area contributed by atoms with Gasteiger partial charge in [0.1, 0.15) is 0 Å². The van der Waals surface area contributed by atoms with Crippen LogP contribution in [0.4, 0.5) is 0 Å². The molecule has 236 valence electrons. The summed E-state index contributed by atoms with van der Waals surface area (Å²) in [6.07, 6.45) is 0. The van der Waals surface area contributed by atoms with Crippen molar-refractivity contribution in [2.75, 3.05) is 0 Å². The van der Waals surface area contributed by atoms with Crippen molar-refractivity contribution in [3.05, 3.63) is 152 Å². The monoisotopic (exact) mass is 632 g/mol. The standard InChI is InChI=1S/C46H37BO2/c1-45(2)46(3,4)49-47(48-45)42-22-12-19-35-36(42)20-11-21-37(35)44-40-17-9-7-15-38(40)43(39-16-8-10-18-41(39)44)32-26-23-31(24-27-32)34-28-25-30-13-5-6-14-33(30)29-34/h5-29H,1-4H3. The molecule has 0 unspecified atom stereocenters. The lowest BCUT2D eigenvalue weighted by Gasteiger charge is -2.32. The molecule has 0 aromatic heterocycles. The summed E-state index contributed by atoms with van der Waals surface area (Å²) in [7, 11) is -0.433. The van der Waals surface area contributed by atoms with Crippen molar-refractivity contribution in [3.8, 4) is 33.4 Å². The predicted molar refractivity (Wildman–Crippen MR) is 208 cm³/mol. The molecular formula is C46H37BO2. The van der Waals surface area contributed by atoms with Crippen LogP contribution in [0.15, 0.2) is 152 Å². The van der Waals surface area contributed by atoms with E-state index in [2.05, 4.69) is 179 Å². The molecule has 1 aliphatic rings. The Balaban J connectivity index is 1.22. The minimum absolute atomic E-state index is 0.409. The highest BCUT2D eigenvalue weighted by molar-refractivity contribution is 6.65. The van der Waals surface area contributed by atoms with Gasteiger partial charge in [-0.25, -0.2) is 0 Å². The van der Waals surface area contributed by atoms with Crippen LogP contribution >= 0.6 is 0 Å². The van der Waals surface area contributed by atoms with Gasteiger partial charge >= 0.3 is 7.12 Å². The van der Waals surface area contributed by atoms with Crippen molar-refractivity contribution >= 4 is 55.7 Å². The molecule has 2 nitrogen and oxygen atoms in total. The van der Waals surface area contributed by atoms with E-state index in [9.17, 15) is 0 Å². The Hall–Kier alpha value is -5.22. The molecule has 1 heterocycles. The summed E-state index contributed by atoms with van der Waals surface area (Å²) in [4.78, 5) is 0. The first-order valence-electron chi connectivity index (χ1n) is 17.2. The quantitative estimate of drug-likeness (QED) is 0.142.